The second kappa shape index (κ2) is 12.6. The van der Waals surface area contributed by atoms with E-state index in [0.717, 1.165) is 17.4 Å². The zero-order valence-electron chi connectivity index (χ0n) is 24.2. The first-order valence-electron chi connectivity index (χ1n) is 13.7. The van der Waals surface area contributed by atoms with Crippen LogP contribution < -0.4 is 25.8 Å². The van der Waals surface area contributed by atoms with E-state index < -0.39 is 23.2 Å². The predicted molar refractivity (Wildman–Crippen MR) is 166 cm³/mol. The quantitative estimate of drug-likeness (QED) is 0.212. The minimum absolute atomic E-state index is 0.0110. The number of nitrogens with zero attached hydrogens (tertiary/aromatic N) is 4. The van der Waals surface area contributed by atoms with Crippen LogP contribution in [0.5, 0.6) is 5.75 Å². The number of pyridine rings is 2. The molecule has 0 aliphatic rings. The molecular weight excluding hydrogens is 566 g/mol. The van der Waals surface area contributed by atoms with Crippen LogP contribution in [-0.4, -0.2) is 29.7 Å². The number of anilines is 3. The molecule has 2 amide bonds. The van der Waals surface area contributed by atoms with Crippen LogP contribution in [0.3, 0.4) is 0 Å². The third kappa shape index (κ3) is 6.19. The molecule has 0 aliphatic heterocycles. The van der Waals surface area contributed by atoms with Crippen LogP contribution in [0.4, 0.5) is 30.8 Å². The number of rotatable bonds is 8. The number of aryl methyl sites for hydroxylation is 1. The van der Waals surface area contributed by atoms with Gasteiger partial charge in [-0.05, 0) is 55.0 Å². The third-order valence-electron chi connectivity index (χ3n) is 7.09. The number of methoxy groups -OCH3 is 1. The second-order valence-corrected chi connectivity index (χ2v) is 10.00. The van der Waals surface area contributed by atoms with Crippen molar-refractivity contribution in [2.45, 2.75) is 20.0 Å². The minimum Gasteiger partial charge on any atom is -0.497 e. The summed E-state index contributed by atoms with van der Waals surface area (Å²) >= 11 is 0. The Morgan fingerprint density at radius 3 is 2.50 bits per heavy atom. The Hall–Kier alpha value is -5.76. The summed E-state index contributed by atoms with van der Waals surface area (Å²) in [5.74, 6) is -0.587. The van der Waals surface area contributed by atoms with Gasteiger partial charge >= 0.3 is 6.03 Å². The molecule has 5 aromatic rings. The number of carbonyl (C=O) groups is 1. The summed E-state index contributed by atoms with van der Waals surface area (Å²) in [6.07, 6.45) is 1.60. The maximum Gasteiger partial charge on any atom is 0.323 e. The van der Waals surface area contributed by atoms with Crippen molar-refractivity contribution in [2.75, 3.05) is 29.7 Å². The number of aromatic nitrogens is 2. The summed E-state index contributed by atoms with van der Waals surface area (Å²) in [7, 11) is 3.50. The highest BCUT2D eigenvalue weighted by atomic mass is 19.1. The van der Waals surface area contributed by atoms with E-state index in [-0.39, 0.29) is 23.4 Å². The molecule has 0 fully saturated rings. The number of ether oxygens (including phenoxy) is 1. The summed E-state index contributed by atoms with van der Waals surface area (Å²) in [5, 5.41) is 14.5. The van der Waals surface area contributed by atoms with E-state index in [0.29, 0.717) is 40.6 Å². The van der Waals surface area contributed by atoms with Gasteiger partial charge in [-0.25, -0.2) is 18.6 Å². The fourth-order valence-electron chi connectivity index (χ4n) is 4.87. The standard InChI is InChI=1S/C33H28F2N6O3/c1-4-41-30-16-31(40(2)19-20-8-10-24(44-3)11-9-20)37-18-22(30)13-26(32(41)42)25-14-29(28(35)15-27(25)34)39-33(43)38-23-7-5-6-21(12-23)17-36/h5-16,18H,4,19H2,1-3H3,(H2,38,39,43). The zero-order valence-corrected chi connectivity index (χ0v) is 24.2. The number of nitrogens with one attached hydrogen (secondary N) is 2. The van der Waals surface area contributed by atoms with Crippen LogP contribution in [0, 0.1) is 23.0 Å². The highest BCUT2D eigenvalue weighted by Gasteiger charge is 2.19. The fourth-order valence-corrected chi connectivity index (χ4v) is 4.87. The average molecular weight is 595 g/mol. The van der Waals surface area contributed by atoms with Crippen LogP contribution in [0.25, 0.3) is 22.0 Å². The molecule has 0 aliphatic carbocycles. The number of hydrogen-bond donors (Lipinski definition) is 2. The number of carbonyl (C=O) groups excluding carboxylic acids is 1. The van der Waals surface area contributed by atoms with Crippen molar-refractivity contribution in [3.05, 3.63) is 112 Å². The maximum atomic E-state index is 15.1. The van der Waals surface area contributed by atoms with E-state index in [1.165, 1.54) is 16.7 Å². The zero-order chi connectivity index (χ0) is 31.4. The SMILES string of the molecule is CCn1c(=O)c(-c2cc(NC(=O)Nc3cccc(C#N)c3)c(F)cc2F)cc2cnc(N(C)Cc3ccc(OC)cc3)cc21. The molecule has 3 aromatic carbocycles. The van der Waals surface area contributed by atoms with Gasteiger partial charge in [0.05, 0.1) is 35.5 Å². The van der Waals surface area contributed by atoms with Gasteiger partial charge in [-0.1, -0.05) is 18.2 Å². The molecule has 2 heterocycles. The Kier molecular flexibility index (Phi) is 8.53. The van der Waals surface area contributed by atoms with Crippen molar-refractivity contribution in [3.63, 3.8) is 0 Å². The summed E-state index contributed by atoms with van der Waals surface area (Å²) in [5.41, 5.74) is 1.28. The molecule has 0 unspecified atom stereocenters. The second-order valence-electron chi connectivity index (χ2n) is 10.00. The normalized spacial score (nSPS) is 10.7. The molecule has 11 heteroatoms. The van der Waals surface area contributed by atoms with Crippen molar-refractivity contribution in [3.8, 4) is 22.9 Å². The van der Waals surface area contributed by atoms with Gasteiger partial charge in [0.15, 0.2) is 0 Å². The smallest absolute Gasteiger partial charge is 0.323 e. The molecular formula is C33H28F2N6O3. The summed E-state index contributed by atoms with van der Waals surface area (Å²) < 4.78 is 36.6. The van der Waals surface area contributed by atoms with Crippen molar-refractivity contribution >= 4 is 34.1 Å². The molecule has 5 rings (SSSR count). The topological polar surface area (TPSA) is 112 Å². The van der Waals surface area contributed by atoms with Crippen molar-refractivity contribution in [1.82, 2.24) is 9.55 Å². The van der Waals surface area contributed by atoms with Crippen LogP contribution in [0.2, 0.25) is 0 Å². The highest BCUT2D eigenvalue weighted by Crippen LogP contribution is 2.30. The van der Waals surface area contributed by atoms with Gasteiger partial charge in [0, 0.05) is 55.1 Å². The Morgan fingerprint density at radius 1 is 1.02 bits per heavy atom. The van der Waals surface area contributed by atoms with Crippen molar-refractivity contribution in [2.24, 2.45) is 0 Å². The fraction of sp³-hybridized carbons (Fsp3) is 0.152. The summed E-state index contributed by atoms with van der Waals surface area (Å²) in [6.45, 7) is 2.64. The monoisotopic (exact) mass is 594 g/mol. The Bertz CT molecular complexity index is 1970. The van der Waals surface area contributed by atoms with Crippen LogP contribution in [0.1, 0.15) is 18.1 Å². The summed E-state index contributed by atoms with van der Waals surface area (Å²) in [6, 6.07) is 20.0. The average Bonchev–Trinajstić information content (AvgIpc) is 3.02. The molecule has 0 saturated carbocycles. The van der Waals surface area contributed by atoms with Gasteiger partial charge in [0.1, 0.15) is 23.2 Å². The first-order chi connectivity index (χ1) is 21.2. The molecule has 2 N–H and O–H groups in total. The van der Waals surface area contributed by atoms with Gasteiger partial charge in [-0.3, -0.25) is 4.79 Å². The van der Waals surface area contributed by atoms with Crippen LogP contribution in [-0.2, 0) is 13.1 Å². The number of benzene rings is 3. The highest BCUT2D eigenvalue weighted by molar-refractivity contribution is 6.00. The molecule has 0 saturated heterocycles. The van der Waals surface area contributed by atoms with Crippen LogP contribution in [0.15, 0.2) is 83.8 Å². The lowest BCUT2D eigenvalue weighted by molar-refractivity contribution is 0.262. The van der Waals surface area contributed by atoms with Gasteiger partial charge in [0.2, 0.25) is 0 Å². The Labute approximate surface area is 252 Å². The molecule has 44 heavy (non-hydrogen) atoms. The van der Waals surface area contributed by atoms with E-state index >= 15 is 4.39 Å². The van der Waals surface area contributed by atoms with Gasteiger partial charge in [0.25, 0.3) is 5.56 Å². The summed E-state index contributed by atoms with van der Waals surface area (Å²) in [4.78, 5) is 32.8. The minimum atomic E-state index is -1.02. The van der Waals surface area contributed by atoms with Gasteiger partial charge < -0.3 is 24.8 Å². The Balaban J connectivity index is 1.46. The molecule has 0 radical (unpaired) electrons. The number of urea groups is 1. The molecule has 0 bridgehead atoms. The third-order valence-corrected chi connectivity index (χ3v) is 7.09. The molecule has 0 atom stereocenters. The lowest BCUT2D eigenvalue weighted by atomic mass is 10.0. The number of hydrogen-bond acceptors (Lipinski definition) is 6. The van der Waals surface area contributed by atoms with Crippen molar-refractivity contribution < 1.29 is 18.3 Å². The van der Waals surface area contributed by atoms with E-state index in [9.17, 15) is 14.0 Å². The van der Waals surface area contributed by atoms with E-state index in [4.69, 9.17) is 10.00 Å². The van der Waals surface area contributed by atoms with E-state index in [1.54, 1.807) is 44.5 Å². The molecule has 222 valence electrons. The van der Waals surface area contributed by atoms with Gasteiger partial charge in [-0.2, -0.15) is 5.26 Å². The first-order valence-corrected chi connectivity index (χ1v) is 13.7. The number of halogens is 2. The number of amides is 2. The largest absolute Gasteiger partial charge is 0.497 e. The molecule has 0 spiro atoms. The van der Waals surface area contributed by atoms with Crippen molar-refractivity contribution in [1.29, 1.82) is 5.26 Å². The number of fused-ring (bicyclic) bond motifs is 1. The van der Waals surface area contributed by atoms with E-state index in [1.807, 2.05) is 42.3 Å². The Morgan fingerprint density at radius 2 is 1.80 bits per heavy atom. The molecule has 2 aromatic heterocycles. The first kappa shape index (κ1) is 29.7. The number of nitriles is 1. The van der Waals surface area contributed by atoms with E-state index in [2.05, 4.69) is 15.6 Å². The van der Waals surface area contributed by atoms with Gasteiger partial charge in [-0.15, -0.1) is 0 Å². The predicted octanol–water partition coefficient (Wildman–Crippen LogP) is 6.52. The van der Waals surface area contributed by atoms with Crippen LogP contribution >= 0.6 is 0 Å². The lowest BCUT2D eigenvalue weighted by Crippen LogP contribution is -2.23. The lowest BCUT2D eigenvalue weighted by Gasteiger charge is -2.20. The maximum absolute atomic E-state index is 15.1. The molecule has 9 nitrogen and oxygen atoms in total.